The van der Waals surface area contributed by atoms with Crippen LogP contribution in [0.15, 0.2) is 70.3 Å². The maximum absolute atomic E-state index is 11.7. The van der Waals surface area contributed by atoms with Crippen molar-refractivity contribution in [1.29, 1.82) is 0 Å². The van der Waals surface area contributed by atoms with E-state index in [1.165, 1.54) is 18.9 Å². The zero-order valence-corrected chi connectivity index (χ0v) is 23.9. The summed E-state index contributed by atoms with van der Waals surface area (Å²) in [5.41, 5.74) is 2.39. The van der Waals surface area contributed by atoms with Crippen LogP contribution < -0.4 is 14.2 Å². The molecule has 0 aliphatic rings. The van der Waals surface area contributed by atoms with Crippen molar-refractivity contribution in [3.05, 3.63) is 97.2 Å². The summed E-state index contributed by atoms with van der Waals surface area (Å²) in [6, 6.07) is 18.4. The highest BCUT2D eigenvalue weighted by molar-refractivity contribution is 9.10. The predicted octanol–water partition coefficient (Wildman–Crippen LogP) is 6.70. The van der Waals surface area contributed by atoms with Crippen molar-refractivity contribution in [2.24, 2.45) is 0 Å². The van der Waals surface area contributed by atoms with E-state index in [9.17, 15) is 10.1 Å². The molecule has 38 heavy (non-hydrogen) atoms. The maximum atomic E-state index is 11.7. The van der Waals surface area contributed by atoms with Gasteiger partial charge in [-0.15, -0.1) is 10.2 Å². The molecular formula is C26H24BrClN4O5S. The molecule has 0 fully saturated rings. The molecule has 4 rings (SSSR count). The number of nitrogens with zero attached hydrogens (tertiary/aromatic N) is 4. The molecular weight excluding hydrogens is 596 g/mol. The third kappa shape index (κ3) is 6.58. The summed E-state index contributed by atoms with van der Waals surface area (Å²) in [6.45, 7) is 1.76. The molecule has 0 N–H and O–H groups in total. The van der Waals surface area contributed by atoms with E-state index in [2.05, 4.69) is 26.1 Å². The number of hydrogen-bond donors (Lipinski definition) is 0. The van der Waals surface area contributed by atoms with Gasteiger partial charge in [0.25, 0.3) is 0 Å². The number of aryl methyl sites for hydroxylation is 1. The lowest BCUT2D eigenvalue weighted by atomic mass is 10.1. The summed E-state index contributed by atoms with van der Waals surface area (Å²) in [4.78, 5) is 11.3. The minimum atomic E-state index is -0.585. The summed E-state index contributed by atoms with van der Waals surface area (Å²) in [5, 5.41) is 20.7. The number of halogens is 2. The summed E-state index contributed by atoms with van der Waals surface area (Å²) in [7, 11) is 3.12. The van der Waals surface area contributed by atoms with Gasteiger partial charge in [-0.25, -0.2) is 0 Å². The molecule has 0 radical (unpaired) electrons. The Labute approximate surface area is 237 Å². The predicted molar refractivity (Wildman–Crippen MR) is 150 cm³/mol. The molecule has 0 unspecified atom stereocenters. The number of methoxy groups -OCH3 is 2. The van der Waals surface area contributed by atoms with Crippen LogP contribution in [-0.4, -0.2) is 40.5 Å². The minimum absolute atomic E-state index is 0.270. The van der Waals surface area contributed by atoms with E-state index in [1.807, 2.05) is 54.0 Å². The van der Waals surface area contributed by atoms with Crippen LogP contribution in [0, 0.1) is 17.0 Å². The average Bonchev–Trinajstić information content (AvgIpc) is 3.26. The molecule has 1 atom stereocenters. The number of benzene rings is 3. The average molecular weight is 620 g/mol. The van der Waals surface area contributed by atoms with Gasteiger partial charge in [-0.3, -0.25) is 14.7 Å². The Morgan fingerprint density at radius 1 is 1.11 bits per heavy atom. The number of nitro groups is 1. The molecule has 1 heterocycles. The largest absolute Gasteiger partial charge is 0.497 e. The van der Waals surface area contributed by atoms with Gasteiger partial charge in [0.2, 0.25) is 6.54 Å². The van der Waals surface area contributed by atoms with Gasteiger partial charge in [-0.1, -0.05) is 35.5 Å². The Morgan fingerprint density at radius 3 is 2.53 bits per heavy atom. The smallest absolute Gasteiger partial charge is 0.220 e. The number of ether oxygens (including phenoxy) is 3. The van der Waals surface area contributed by atoms with Crippen molar-refractivity contribution >= 4 is 39.3 Å². The molecule has 12 heteroatoms. The third-order valence-corrected chi connectivity index (χ3v) is 7.59. The SMILES string of the molecule is COc1ccc(-n2c(C)nnc2S[C@@H](C[N+](=O)[O-])c2cc(Br)c(OCc3cccc(Cl)c3)c(OC)c2)cc1. The normalized spacial score (nSPS) is 11.7. The van der Waals surface area contributed by atoms with Gasteiger partial charge in [0.15, 0.2) is 16.7 Å². The second-order valence-electron chi connectivity index (χ2n) is 8.14. The van der Waals surface area contributed by atoms with Crippen LogP contribution in [0.25, 0.3) is 5.69 Å². The summed E-state index contributed by atoms with van der Waals surface area (Å²) >= 11 is 10.9. The highest BCUT2D eigenvalue weighted by atomic mass is 79.9. The molecule has 3 aromatic carbocycles. The van der Waals surface area contributed by atoms with Crippen LogP contribution in [0.5, 0.6) is 17.2 Å². The number of aromatic nitrogens is 3. The lowest BCUT2D eigenvalue weighted by Gasteiger charge is -2.18. The zero-order valence-electron chi connectivity index (χ0n) is 20.8. The lowest BCUT2D eigenvalue weighted by molar-refractivity contribution is -0.479. The standard InChI is InChI=1S/C26H24BrClN4O5S/c1-16-29-30-26(32(16)20-7-9-21(35-2)10-8-20)38-24(14-31(33)34)18-12-22(27)25(23(13-18)36-3)37-15-17-5-4-6-19(28)11-17/h4-13,24H,14-15H2,1-3H3/t24-/m0/s1. The fourth-order valence-electron chi connectivity index (χ4n) is 3.77. The first-order valence-corrected chi connectivity index (χ1v) is 13.4. The van der Waals surface area contributed by atoms with Crippen LogP contribution >= 0.6 is 39.3 Å². The van der Waals surface area contributed by atoms with Crippen molar-refractivity contribution in [3.8, 4) is 22.9 Å². The van der Waals surface area contributed by atoms with Crippen LogP contribution in [0.3, 0.4) is 0 Å². The summed E-state index contributed by atoms with van der Waals surface area (Å²) in [6.07, 6.45) is 0. The van der Waals surface area contributed by atoms with E-state index in [0.717, 1.165) is 17.0 Å². The third-order valence-electron chi connectivity index (χ3n) is 5.58. The van der Waals surface area contributed by atoms with Crippen molar-refractivity contribution in [2.75, 3.05) is 20.8 Å². The van der Waals surface area contributed by atoms with Gasteiger partial charge >= 0.3 is 0 Å². The van der Waals surface area contributed by atoms with Crippen molar-refractivity contribution in [2.45, 2.75) is 23.9 Å². The molecule has 0 aliphatic carbocycles. The van der Waals surface area contributed by atoms with Crippen LogP contribution in [0.2, 0.25) is 5.02 Å². The van der Waals surface area contributed by atoms with Gasteiger partial charge < -0.3 is 14.2 Å². The monoisotopic (exact) mass is 618 g/mol. The number of thioether (sulfide) groups is 1. The molecule has 0 aliphatic heterocycles. The number of hydrogen-bond acceptors (Lipinski definition) is 8. The quantitative estimate of drug-likeness (QED) is 0.104. The fraction of sp³-hybridized carbons (Fsp3) is 0.231. The molecule has 0 saturated carbocycles. The zero-order chi connectivity index (χ0) is 27.2. The molecule has 0 spiro atoms. The number of rotatable bonds is 11. The van der Waals surface area contributed by atoms with Gasteiger partial charge in [-0.2, -0.15) is 0 Å². The Balaban J connectivity index is 1.64. The summed E-state index contributed by atoms with van der Waals surface area (Å²) in [5.74, 6) is 2.30. The maximum Gasteiger partial charge on any atom is 0.220 e. The first kappa shape index (κ1) is 27.7. The molecule has 9 nitrogen and oxygen atoms in total. The van der Waals surface area contributed by atoms with E-state index in [0.29, 0.717) is 37.5 Å². The fourth-order valence-corrected chi connectivity index (χ4v) is 5.71. The Hall–Kier alpha value is -3.28. The van der Waals surface area contributed by atoms with Crippen molar-refractivity contribution in [3.63, 3.8) is 0 Å². The Morgan fingerprint density at radius 2 is 1.87 bits per heavy atom. The first-order valence-electron chi connectivity index (χ1n) is 11.4. The molecule has 198 valence electrons. The van der Waals surface area contributed by atoms with Gasteiger partial charge in [0.05, 0.1) is 18.7 Å². The summed E-state index contributed by atoms with van der Waals surface area (Å²) < 4.78 is 19.3. The van der Waals surface area contributed by atoms with Crippen molar-refractivity contribution in [1.82, 2.24) is 14.8 Å². The van der Waals surface area contributed by atoms with Crippen LogP contribution in [0.1, 0.15) is 22.2 Å². The van der Waals surface area contributed by atoms with E-state index in [1.54, 1.807) is 25.3 Å². The van der Waals surface area contributed by atoms with Gasteiger partial charge in [0, 0.05) is 15.6 Å². The van der Waals surface area contributed by atoms with E-state index >= 15 is 0 Å². The first-order chi connectivity index (χ1) is 18.3. The second-order valence-corrected chi connectivity index (χ2v) is 10.6. The molecule has 1 aromatic heterocycles. The van der Waals surface area contributed by atoms with Crippen molar-refractivity contribution < 1.29 is 19.1 Å². The topological polar surface area (TPSA) is 102 Å². The van der Waals surface area contributed by atoms with Gasteiger partial charge in [-0.05, 0) is 82.5 Å². The minimum Gasteiger partial charge on any atom is -0.497 e. The Bertz CT molecular complexity index is 1430. The molecule has 0 saturated heterocycles. The highest BCUT2D eigenvalue weighted by Gasteiger charge is 2.26. The second kappa shape index (κ2) is 12.5. The van der Waals surface area contributed by atoms with E-state index in [-0.39, 0.29) is 18.1 Å². The molecule has 0 amide bonds. The van der Waals surface area contributed by atoms with E-state index in [4.69, 9.17) is 25.8 Å². The Kier molecular flexibility index (Phi) is 9.13. The van der Waals surface area contributed by atoms with Crippen LogP contribution in [-0.2, 0) is 6.61 Å². The van der Waals surface area contributed by atoms with Crippen LogP contribution in [0.4, 0.5) is 0 Å². The molecule has 4 aromatic rings. The highest BCUT2D eigenvalue weighted by Crippen LogP contribution is 2.43. The molecule has 0 bridgehead atoms. The van der Waals surface area contributed by atoms with Gasteiger partial charge in [0.1, 0.15) is 23.4 Å². The lowest BCUT2D eigenvalue weighted by Crippen LogP contribution is -2.12. The van der Waals surface area contributed by atoms with E-state index < -0.39 is 5.25 Å².